The number of amides is 1. The fraction of sp³-hybridized carbons (Fsp3) is 0.435. The number of benzene rings is 2. The first-order valence-corrected chi connectivity index (χ1v) is 10.2. The van der Waals surface area contributed by atoms with Crippen LogP contribution in [0.1, 0.15) is 50.7 Å². The van der Waals surface area contributed by atoms with E-state index in [9.17, 15) is 23.1 Å². The molecule has 2 aromatic rings. The van der Waals surface area contributed by atoms with E-state index in [0.29, 0.717) is 18.7 Å². The predicted molar refractivity (Wildman–Crippen MR) is 110 cm³/mol. The van der Waals surface area contributed by atoms with Crippen LogP contribution in [-0.2, 0) is 17.5 Å². The summed E-state index contributed by atoms with van der Waals surface area (Å²) < 4.78 is 44.5. The van der Waals surface area contributed by atoms with Crippen molar-refractivity contribution in [1.82, 2.24) is 4.90 Å². The summed E-state index contributed by atoms with van der Waals surface area (Å²) in [4.78, 5) is 14.0. The van der Waals surface area contributed by atoms with Crippen LogP contribution < -0.4 is 0 Å². The van der Waals surface area contributed by atoms with Gasteiger partial charge in [-0.3, -0.25) is 0 Å². The number of ether oxygens (including phenoxy) is 1. The zero-order valence-electron chi connectivity index (χ0n) is 17.3. The molecule has 0 aliphatic carbocycles. The maximum Gasteiger partial charge on any atom is 0.416 e. The number of carbonyl (C=O) groups is 1. The van der Waals surface area contributed by atoms with Crippen LogP contribution >= 0.6 is 0 Å². The number of halogens is 3. The first-order valence-electron chi connectivity index (χ1n) is 10.2. The highest BCUT2D eigenvalue weighted by Crippen LogP contribution is 2.37. The summed E-state index contributed by atoms with van der Waals surface area (Å²) in [6, 6.07) is 9.65. The molecule has 0 unspecified atom stereocenters. The number of aromatic hydroxyl groups is 1. The molecule has 4 nitrogen and oxygen atoms in total. The lowest BCUT2D eigenvalue weighted by molar-refractivity contribution is -0.137. The third-order valence-corrected chi connectivity index (χ3v) is 4.70. The molecule has 2 aromatic carbocycles. The van der Waals surface area contributed by atoms with Gasteiger partial charge in [-0.25, -0.2) is 4.79 Å². The van der Waals surface area contributed by atoms with Crippen LogP contribution in [0.25, 0.3) is 11.1 Å². The monoisotopic (exact) mass is 423 g/mol. The van der Waals surface area contributed by atoms with E-state index in [4.69, 9.17) is 4.74 Å². The second kappa shape index (κ2) is 10.9. The van der Waals surface area contributed by atoms with E-state index in [0.717, 1.165) is 49.4 Å². The minimum absolute atomic E-state index is 0.0947. The average molecular weight is 423 g/mol. The van der Waals surface area contributed by atoms with E-state index in [1.165, 1.54) is 0 Å². The number of hydrogen-bond donors (Lipinski definition) is 1. The molecule has 0 aromatic heterocycles. The van der Waals surface area contributed by atoms with Gasteiger partial charge in [0.25, 0.3) is 0 Å². The van der Waals surface area contributed by atoms with Gasteiger partial charge in [-0.05, 0) is 48.2 Å². The SMILES string of the molecule is CCCCOC(=O)N(CCCC)Cc1cccc(-c2cc(C(F)(F)F)ccc2O)c1. The molecule has 7 heteroatoms. The standard InChI is InChI=1S/C23H28F3NO3/c1-3-5-12-27(22(29)30-13-6-4-2)16-17-8-7-9-18(14-17)20-15-19(23(24,25)26)10-11-21(20)28/h7-11,14-15,28H,3-6,12-13,16H2,1-2H3. The lowest BCUT2D eigenvalue weighted by Gasteiger charge is -2.22. The van der Waals surface area contributed by atoms with Crippen LogP contribution in [0, 0.1) is 0 Å². The summed E-state index contributed by atoms with van der Waals surface area (Å²) in [7, 11) is 0. The van der Waals surface area contributed by atoms with Crippen molar-refractivity contribution in [1.29, 1.82) is 0 Å². The Morgan fingerprint density at radius 3 is 2.47 bits per heavy atom. The van der Waals surface area contributed by atoms with E-state index in [1.54, 1.807) is 29.2 Å². The molecule has 0 saturated carbocycles. The van der Waals surface area contributed by atoms with Crippen molar-refractivity contribution in [2.75, 3.05) is 13.2 Å². The van der Waals surface area contributed by atoms with Crippen LogP contribution in [0.5, 0.6) is 5.75 Å². The molecule has 2 rings (SSSR count). The molecule has 0 heterocycles. The Hall–Kier alpha value is -2.70. The number of unbranched alkanes of at least 4 members (excludes halogenated alkanes) is 2. The van der Waals surface area contributed by atoms with Crippen LogP contribution in [0.15, 0.2) is 42.5 Å². The predicted octanol–water partition coefficient (Wildman–Crippen LogP) is 6.62. The second-order valence-electron chi connectivity index (χ2n) is 7.17. The summed E-state index contributed by atoms with van der Waals surface area (Å²) in [5.74, 6) is -0.234. The van der Waals surface area contributed by atoms with Crippen molar-refractivity contribution in [2.24, 2.45) is 0 Å². The highest BCUT2D eigenvalue weighted by molar-refractivity contribution is 5.72. The summed E-state index contributed by atoms with van der Waals surface area (Å²) in [5, 5.41) is 10.1. The zero-order valence-corrected chi connectivity index (χ0v) is 17.3. The van der Waals surface area contributed by atoms with Crippen LogP contribution in [0.2, 0.25) is 0 Å². The molecule has 1 N–H and O–H groups in total. The summed E-state index contributed by atoms with van der Waals surface area (Å²) in [5.41, 5.74) is 0.459. The molecule has 0 aliphatic heterocycles. The molecule has 0 radical (unpaired) electrons. The number of alkyl halides is 3. The Kier molecular flexibility index (Phi) is 8.57. The molecule has 0 atom stereocenters. The van der Waals surface area contributed by atoms with Crippen molar-refractivity contribution in [2.45, 2.75) is 52.3 Å². The van der Waals surface area contributed by atoms with Crippen LogP contribution in [-0.4, -0.2) is 29.3 Å². The second-order valence-corrected chi connectivity index (χ2v) is 7.17. The van der Waals surface area contributed by atoms with Crippen molar-refractivity contribution in [3.05, 3.63) is 53.6 Å². The Labute approximate surface area is 175 Å². The summed E-state index contributed by atoms with van der Waals surface area (Å²) >= 11 is 0. The van der Waals surface area contributed by atoms with Crippen molar-refractivity contribution in [3.8, 4) is 16.9 Å². The fourth-order valence-corrected chi connectivity index (χ4v) is 2.98. The number of phenols is 1. The Balaban J connectivity index is 2.25. The topological polar surface area (TPSA) is 49.8 Å². The minimum atomic E-state index is -4.50. The van der Waals surface area contributed by atoms with Crippen molar-refractivity contribution in [3.63, 3.8) is 0 Å². The Morgan fingerprint density at radius 1 is 1.07 bits per heavy atom. The smallest absolute Gasteiger partial charge is 0.416 e. The molecular weight excluding hydrogens is 395 g/mol. The molecule has 0 aliphatic rings. The lowest BCUT2D eigenvalue weighted by Crippen LogP contribution is -2.32. The van der Waals surface area contributed by atoms with Crippen LogP contribution in [0.4, 0.5) is 18.0 Å². The maximum atomic E-state index is 13.1. The number of carbonyl (C=O) groups excluding carboxylic acids is 1. The van der Waals surface area contributed by atoms with Gasteiger partial charge in [-0.1, -0.05) is 44.9 Å². The summed E-state index contributed by atoms with van der Waals surface area (Å²) in [6.45, 7) is 5.20. The Morgan fingerprint density at radius 2 is 1.80 bits per heavy atom. The van der Waals surface area contributed by atoms with Crippen LogP contribution in [0.3, 0.4) is 0 Å². The van der Waals surface area contributed by atoms with E-state index in [1.807, 2.05) is 13.8 Å². The normalized spacial score (nSPS) is 11.4. The van der Waals surface area contributed by atoms with Gasteiger partial charge >= 0.3 is 12.3 Å². The van der Waals surface area contributed by atoms with Gasteiger partial charge in [0.1, 0.15) is 5.75 Å². The van der Waals surface area contributed by atoms with E-state index in [2.05, 4.69) is 0 Å². The zero-order chi connectivity index (χ0) is 22.1. The fourth-order valence-electron chi connectivity index (χ4n) is 2.98. The van der Waals surface area contributed by atoms with E-state index >= 15 is 0 Å². The van der Waals surface area contributed by atoms with E-state index in [-0.39, 0.29) is 17.9 Å². The molecule has 164 valence electrons. The molecule has 0 saturated heterocycles. The minimum Gasteiger partial charge on any atom is -0.507 e. The molecule has 30 heavy (non-hydrogen) atoms. The molecule has 1 amide bonds. The van der Waals surface area contributed by atoms with Gasteiger partial charge in [0, 0.05) is 18.7 Å². The highest BCUT2D eigenvalue weighted by atomic mass is 19.4. The van der Waals surface area contributed by atoms with Crippen molar-refractivity contribution >= 4 is 6.09 Å². The third kappa shape index (κ3) is 6.68. The highest BCUT2D eigenvalue weighted by Gasteiger charge is 2.31. The number of rotatable bonds is 9. The maximum absolute atomic E-state index is 13.1. The number of hydrogen-bond acceptors (Lipinski definition) is 3. The molecule has 0 spiro atoms. The van der Waals surface area contributed by atoms with Gasteiger partial charge < -0.3 is 14.7 Å². The average Bonchev–Trinajstić information content (AvgIpc) is 2.71. The lowest BCUT2D eigenvalue weighted by atomic mass is 9.99. The Bertz CT molecular complexity index is 837. The molecule has 0 bridgehead atoms. The van der Waals surface area contributed by atoms with Gasteiger partial charge in [-0.15, -0.1) is 0 Å². The van der Waals surface area contributed by atoms with Gasteiger partial charge in [0.05, 0.1) is 12.2 Å². The first kappa shape index (κ1) is 23.6. The first-order chi connectivity index (χ1) is 14.3. The number of nitrogens with zero attached hydrogens (tertiary/aromatic N) is 1. The molecular formula is C23H28F3NO3. The van der Waals surface area contributed by atoms with Crippen molar-refractivity contribution < 1.29 is 27.8 Å². The number of phenolic OH excluding ortho intramolecular Hbond substituents is 1. The van der Waals surface area contributed by atoms with E-state index < -0.39 is 17.8 Å². The largest absolute Gasteiger partial charge is 0.507 e. The van der Waals surface area contributed by atoms with Gasteiger partial charge in [0.15, 0.2) is 0 Å². The quantitative estimate of drug-likeness (QED) is 0.461. The summed E-state index contributed by atoms with van der Waals surface area (Å²) in [6.07, 6.45) is -1.46. The van der Waals surface area contributed by atoms with Gasteiger partial charge in [0.2, 0.25) is 0 Å². The third-order valence-electron chi connectivity index (χ3n) is 4.70. The molecule has 0 fully saturated rings. The van der Waals surface area contributed by atoms with Gasteiger partial charge in [-0.2, -0.15) is 13.2 Å².